The van der Waals surface area contributed by atoms with Crippen molar-refractivity contribution >= 4 is 0 Å². The second-order valence-electron chi connectivity index (χ2n) is 5.94. The predicted octanol–water partition coefficient (Wildman–Crippen LogP) is 0.255. The highest BCUT2D eigenvalue weighted by Gasteiger charge is 2.18. The van der Waals surface area contributed by atoms with Gasteiger partial charge in [-0.1, -0.05) is 60.7 Å². The van der Waals surface area contributed by atoms with Crippen molar-refractivity contribution in [2.75, 3.05) is 39.3 Å². The molecule has 3 rings (SSSR count). The molecule has 1 fully saturated rings. The molecule has 116 valence electrons. The molecule has 22 heavy (non-hydrogen) atoms. The zero-order valence-corrected chi connectivity index (χ0v) is 13.1. The summed E-state index contributed by atoms with van der Waals surface area (Å²) in [5.74, 6) is 0. The lowest BCUT2D eigenvalue weighted by Gasteiger charge is -2.24. The van der Waals surface area contributed by atoms with Crippen molar-refractivity contribution in [3.8, 4) is 0 Å². The molecule has 0 unspecified atom stereocenters. The summed E-state index contributed by atoms with van der Waals surface area (Å²) in [4.78, 5) is 1.67. The minimum Gasteiger partial charge on any atom is -0.363 e. The lowest BCUT2D eigenvalue weighted by atomic mass is 10.0. The van der Waals surface area contributed by atoms with E-state index in [1.165, 1.54) is 37.3 Å². The summed E-state index contributed by atoms with van der Waals surface area (Å²) in [6.07, 6.45) is 0.0400. The van der Waals surface area contributed by atoms with Gasteiger partial charge in [0.05, 0.1) is 6.61 Å². The van der Waals surface area contributed by atoms with Crippen LogP contribution in [0.15, 0.2) is 60.7 Å². The van der Waals surface area contributed by atoms with Gasteiger partial charge in [0.15, 0.2) is 0 Å². The van der Waals surface area contributed by atoms with Crippen molar-refractivity contribution in [3.63, 3.8) is 0 Å². The van der Waals surface area contributed by atoms with Crippen LogP contribution in [0.1, 0.15) is 17.2 Å². The van der Waals surface area contributed by atoms with E-state index in [2.05, 4.69) is 66.0 Å². The van der Waals surface area contributed by atoms with E-state index in [0.717, 1.165) is 13.2 Å². The van der Waals surface area contributed by atoms with Crippen molar-refractivity contribution in [3.05, 3.63) is 71.8 Å². The molecule has 1 aliphatic rings. The molecule has 0 saturated carbocycles. The van der Waals surface area contributed by atoms with Crippen LogP contribution >= 0.6 is 0 Å². The second kappa shape index (κ2) is 8.08. The molecule has 0 aromatic heterocycles. The molecule has 1 heterocycles. The first-order valence-electron chi connectivity index (χ1n) is 8.30. The maximum atomic E-state index is 6.29. The van der Waals surface area contributed by atoms with Crippen molar-refractivity contribution < 1.29 is 15.0 Å². The van der Waals surface area contributed by atoms with Gasteiger partial charge in [-0.2, -0.15) is 0 Å². The minimum atomic E-state index is 0.0400. The van der Waals surface area contributed by atoms with Gasteiger partial charge in [-0.05, 0) is 11.1 Å². The smallest absolute Gasteiger partial charge is 0.127 e. The van der Waals surface area contributed by atoms with Gasteiger partial charge in [-0.25, -0.2) is 0 Å². The molecule has 2 aromatic rings. The van der Waals surface area contributed by atoms with Crippen LogP contribution in [-0.4, -0.2) is 39.3 Å². The Labute approximate surface area is 132 Å². The Hall–Kier alpha value is -1.68. The molecular formula is C19H26N2O+2. The van der Waals surface area contributed by atoms with E-state index in [1.54, 1.807) is 4.90 Å². The zero-order valence-electron chi connectivity index (χ0n) is 13.1. The maximum absolute atomic E-state index is 6.29. The topological polar surface area (TPSA) is 30.3 Å². The van der Waals surface area contributed by atoms with Crippen LogP contribution in [0.25, 0.3) is 0 Å². The quantitative estimate of drug-likeness (QED) is 0.787. The number of quaternary nitrogens is 2. The summed E-state index contributed by atoms with van der Waals surface area (Å²) < 4.78 is 6.29. The minimum absolute atomic E-state index is 0.0400. The van der Waals surface area contributed by atoms with Gasteiger partial charge < -0.3 is 15.0 Å². The van der Waals surface area contributed by atoms with Gasteiger partial charge in [0, 0.05) is 0 Å². The molecule has 0 spiro atoms. The number of hydrogen-bond acceptors (Lipinski definition) is 1. The van der Waals surface area contributed by atoms with E-state index in [-0.39, 0.29) is 6.10 Å². The van der Waals surface area contributed by atoms with Crippen LogP contribution in [0.4, 0.5) is 0 Å². The number of nitrogens with two attached hydrogens (primary N) is 1. The molecule has 0 radical (unpaired) electrons. The van der Waals surface area contributed by atoms with Gasteiger partial charge in [0.1, 0.15) is 38.8 Å². The summed E-state index contributed by atoms with van der Waals surface area (Å²) in [6, 6.07) is 21.1. The van der Waals surface area contributed by atoms with Crippen LogP contribution in [-0.2, 0) is 4.74 Å². The van der Waals surface area contributed by atoms with E-state index in [9.17, 15) is 0 Å². The predicted molar refractivity (Wildman–Crippen MR) is 87.9 cm³/mol. The number of piperazine rings is 1. The summed E-state index contributed by atoms with van der Waals surface area (Å²) in [5.41, 5.74) is 2.46. The molecule has 0 amide bonds. The Morgan fingerprint density at radius 2 is 1.41 bits per heavy atom. The van der Waals surface area contributed by atoms with Crippen LogP contribution < -0.4 is 10.2 Å². The molecular weight excluding hydrogens is 272 g/mol. The largest absolute Gasteiger partial charge is 0.363 e. The van der Waals surface area contributed by atoms with Gasteiger partial charge in [0.25, 0.3) is 0 Å². The summed E-state index contributed by atoms with van der Waals surface area (Å²) in [7, 11) is 0. The Kier molecular flexibility index (Phi) is 5.59. The van der Waals surface area contributed by atoms with Crippen molar-refractivity contribution in [1.82, 2.24) is 0 Å². The third kappa shape index (κ3) is 4.17. The normalized spacial score (nSPS) is 16.0. The van der Waals surface area contributed by atoms with E-state index in [4.69, 9.17) is 4.74 Å². The van der Waals surface area contributed by atoms with E-state index < -0.39 is 0 Å². The lowest BCUT2D eigenvalue weighted by molar-refractivity contribution is -0.947. The van der Waals surface area contributed by atoms with E-state index in [1.807, 2.05) is 0 Å². The number of ether oxygens (including phenoxy) is 1. The maximum Gasteiger partial charge on any atom is 0.127 e. The Balaban J connectivity index is 1.64. The van der Waals surface area contributed by atoms with Crippen LogP contribution in [0.2, 0.25) is 0 Å². The second-order valence-corrected chi connectivity index (χ2v) is 5.94. The molecule has 0 atom stereocenters. The average Bonchev–Trinajstić information content (AvgIpc) is 2.61. The first-order chi connectivity index (χ1) is 10.9. The number of benzene rings is 2. The monoisotopic (exact) mass is 298 g/mol. The first kappa shape index (κ1) is 15.2. The molecule has 0 bridgehead atoms. The van der Waals surface area contributed by atoms with E-state index >= 15 is 0 Å². The highest BCUT2D eigenvalue weighted by molar-refractivity contribution is 5.29. The van der Waals surface area contributed by atoms with Gasteiger partial charge in [-0.3, -0.25) is 0 Å². The standard InChI is InChI=1S/C19H24N2O/c1-3-7-17(8-4-1)19(18-9-5-2-6-10-18)22-16-15-21-13-11-20-12-14-21/h1-10,19-20H,11-16H2/p+2. The van der Waals surface area contributed by atoms with Crippen molar-refractivity contribution in [1.29, 1.82) is 0 Å². The third-order valence-corrected chi connectivity index (χ3v) is 4.35. The number of hydrogen-bond donors (Lipinski definition) is 2. The SMILES string of the molecule is c1ccc(C(OCC[NH+]2CC[NH2+]CC2)c2ccccc2)cc1. The fourth-order valence-corrected chi connectivity index (χ4v) is 3.09. The Morgan fingerprint density at radius 1 is 0.864 bits per heavy atom. The zero-order chi connectivity index (χ0) is 15.0. The summed E-state index contributed by atoms with van der Waals surface area (Å²) >= 11 is 0. The fraction of sp³-hybridized carbons (Fsp3) is 0.368. The molecule has 1 aliphatic heterocycles. The van der Waals surface area contributed by atoms with Crippen molar-refractivity contribution in [2.45, 2.75) is 6.10 Å². The number of rotatable bonds is 6. The van der Waals surface area contributed by atoms with E-state index in [0.29, 0.717) is 0 Å². The highest BCUT2D eigenvalue weighted by atomic mass is 16.5. The highest BCUT2D eigenvalue weighted by Crippen LogP contribution is 2.25. The van der Waals surface area contributed by atoms with Gasteiger partial charge in [0.2, 0.25) is 0 Å². The molecule has 2 aromatic carbocycles. The molecule has 3 nitrogen and oxygen atoms in total. The first-order valence-corrected chi connectivity index (χ1v) is 8.30. The molecule has 3 N–H and O–H groups in total. The third-order valence-electron chi connectivity index (χ3n) is 4.35. The Morgan fingerprint density at radius 3 is 1.95 bits per heavy atom. The van der Waals surface area contributed by atoms with Crippen LogP contribution in [0.5, 0.6) is 0 Å². The fourth-order valence-electron chi connectivity index (χ4n) is 3.09. The molecule has 0 aliphatic carbocycles. The molecule has 3 heteroatoms. The lowest BCUT2D eigenvalue weighted by Crippen LogP contribution is -3.20. The number of nitrogens with one attached hydrogen (secondary N) is 1. The summed E-state index contributed by atoms with van der Waals surface area (Å²) in [5, 5.41) is 2.40. The van der Waals surface area contributed by atoms with Gasteiger partial charge in [-0.15, -0.1) is 0 Å². The van der Waals surface area contributed by atoms with Crippen molar-refractivity contribution in [2.24, 2.45) is 0 Å². The Bertz CT molecular complexity index is 498. The van der Waals surface area contributed by atoms with Crippen LogP contribution in [0, 0.1) is 0 Å². The molecule has 1 saturated heterocycles. The van der Waals surface area contributed by atoms with Crippen LogP contribution in [0.3, 0.4) is 0 Å². The summed E-state index contributed by atoms with van der Waals surface area (Å²) in [6.45, 7) is 6.91. The van der Waals surface area contributed by atoms with Gasteiger partial charge >= 0.3 is 0 Å². The average molecular weight is 298 g/mol.